The Morgan fingerprint density at radius 1 is 1.14 bits per heavy atom. The van der Waals surface area contributed by atoms with E-state index in [0.29, 0.717) is 25.9 Å². The summed E-state index contributed by atoms with van der Waals surface area (Å²) < 4.78 is 5.12. The van der Waals surface area contributed by atoms with Gasteiger partial charge in [0.25, 0.3) is 0 Å². The van der Waals surface area contributed by atoms with Crippen molar-refractivity contribution in [2.45, 2.75) is 58.2 Å². The van der Waals surface area contributed by atoms with Crippen molar-refractivity contribution in [1.82, 2.24) is 15.5 Å². The molecule has 1 aromatic rings. The van der Waals surface area contributed by atoms with Crippen molar-refractivity contribution < 1.29 is 24.2 Å². The summed E-state index contributed by atoms with van der Waals surface area (Å²) in [7, 11) is 1.62. The van der Waals surface area contributed by atoms with Crippen LogP contribution in [0.4, 0.5) is 9.59 Å². The number of amides is 3. The molecule has 0 saturated heterocycles. The number of urea groups is 1. The highest BCUT2D eigenvalue weighted by Crippen LogP contribution is 2.07. The van der Waals surface area contributed by atoms with Gasteiger partial charge >= 0.3 is 18.1 Å². The van der Waals surface area contributed by atoms with Gasteiger partial charge in [0.05, 0.1) is 0 Å². The number of carboxylic acids is 1. The van der Waals surface area contributed by atoms with Gasteiger partial charge in [-0.3, -0.25) is 0 Å². The predicted molar refractivity (Wildman–Crippen MR) is 106 cm³/mol. The summed E-state index contributed by atoms with van der Waals surface area (Å²) in [6.07, 6.45) is 0.892. The van der Waals surface area contributed by atoms with Gasteiger partial charge in [-0.25, -0.2) is 14.4 Å². The van der Waals surface area contributed by atoms with Gasteiger partial charge in [-0.15, -0.1) is 0 Å². The minimum absolute atomic E-state index is 0.274. The van der Waals surface area contributed by atoms with Gasteiger partial charge in [0.2, 0.25) is 0 Å². The average molecular weight is 393 g/mol. The topological polar surface area (TPSA) is 108 Å². The van der Waals surface area contributed by atoms with E-state index >= 15 is 0 Å². The number of nitrogens with zero attached hydrogens (tertiary/aromatic N) is 1. The van der Waals surface area contributed by atoms with Crippen LogP contribution in [0, 0.1) is 0 Å². The molecule has 0 bridgehead atoms. The Morgan fingerprint density at radius 3 is 2.36 bits per heavy atom. The molecule has 0 saturated carbocycles. The third kappa shape index (κ3) is 9.80. The average Bonchev–Trinajstić information content (AvgIpc) is 2.59. The first kappa shape index (κ1) is 23.3. The molecule has 8 heteroatoms. The monoisotopic (exact) mass is 393 g/mol. The Kier molecular flexibility index (Phi) is 9.27. The summed E-state index contributed by atoms with van der Waals surface area (Å²) in [6.45, 7) is 6.10. The number of hydrogen-bond acceptors (Lipinski definition) is 4. The molecule has 0 aliphatic carbocycles. The second kappa shape index (κ2) is 11.2. The molecule has 0 aromatic heterocycles. The maximum atomic E-state index is 12.3. The number of ether oxygens (including phenoxy) is 1. The molecule has 0 heterocycles. The SMILES string of the molecule is CN(Cc1ccccc1)C(=O)NC(CCCCNC(=O)OC(C)(C)C)C(=O)O. The number of carbonyl (C=O) groups is 3. The molecule has 156 valence electrons. The normalized spacial score (nSPS) is 12.0. The van der Waals surface area contributed by atoms with E-state index in [1.54, 1.807) is 27.8 Å². The fourth-order valence-electron chi connectivity index (χ4n) is 2.42. The molecule has 28 heavy (non-hydrogen) atoms. The molecule has 0 radical (unpaired) electrons. The second-order valence-corrected chi connectivity index (χ2v) is 7.61. The quantitative estimate of drug-likeness (QED) is 0.559. The van der Waals surface area contributed by atoms with Crippen LogP contribution in [0.15, 0.2) is 30.3 Å². The molecule has 8 nitrogen and oxygen atoms in total. The minimum Gasteiger partial charge on any atom is -0.480 e. The van der Waals surface area contributed by atoms with Crippen LogP contribution >= 0.6 is 0 Å². The predicted octanol–water partition coefficient (Wildman–Crippen LogP) is 2.98. The van der Waals surface area contributed by atoms with Crippen LogP contribution < -0.4 is 10.6 Å². The highest BCUT2D eigenvalue weighted by Gasteiger charge is 2.21. The van der Waals surface area contributed by atoms with Crippen molar-refractivity contribution in [2.24, 2.45) is 0 Å². The molecule has 3 N–H and O–H groups in total. The van der Waals surface area contributed by atoms with Gasteiger partial charge < -0.3 is 25.4 Å². The number of benzene rings is 1. The first-order valence-corrected chi connectivity index (χ1v) is 9.33. The van der Waals surface area contributed by atoms with E-state index in [0.717, 1.165) is 5.56 Å². The number of aliphatic carboxylic acids is 1. The Bertz CT molecular complexity index is 643. The third-order valence-electron chi connectivity index (χ3n) is 3.79. The van der Waals surface area contributed by atoms with E-state index in [-0.39, 0.29) is 6.42 Å². The summed E-state index contributed by atoms with van der Waals surface area (Å²) in [4.78, 5) is 36.7. The number of carbonyl (C=O) groups excluding carboxylic acids is 2. The van der Waals surface area contributed by atoms with E-state index in [1.165, 1.54) is 4.90 Å². The van der Waals surface area contributed by atoms with Gasteiger partial charge in [0, 0.05) is 20.1 Å². The Morgan fingerprint density at radius 2 is 1.79 bits per heavy atom. The molecule has 0 aliphatic rings. The number of nitrogens with one attached hydrogen (secondary N) is 2. The van der Waals surface area contributed by atoms with Gasteiger partial charge in [-0.2, -0.15) is 0 Å². The van der Waals surface area contributed by atoms with Crippen LogP contribution in [0.2, 0.25) is 0 Å². The van der Waals surface area contributed by atoms with Gasteiger partial charge in [0.1, 0.15) is 11.6 Å². The van der Waals surface area contributed by atoms with Crippen molar-refractivity contribution >= 4 is 18.1 Å². The van der Waals surface area contributed by atoms with Crippen LogP contribution in [-0.4, -0.2) is 53.3 Å². The first-order chi connectivity index (χ1) is 13.1. The number of unbranched alkanes of at least 4 members (excludes halogenated alkanes) is 1. The van der Waals surface area contributed by atoms with Crippen molar-refractivity contribution in [3.05, 3.63) is 35.9 Å². The zero-order valence-electron chi connectivity index (χ0n) is 17.0. The highest BCUT2D eigenvalue weighted by molar-refractivity contribution is 5.82. The van der Waals surface area contributed by atoms with E-state index in [2.05, 4.69) is 10.6 Å². The number of carboxylic acid groups (broad SMARTS) is 1. The van der Waals surface area contributed by atoms with Crippen molar-refractivity contribution in [3.63, 3.8) is 0 Å². The lowest BCUT2D eigenvalue weighted by Crippen LogP contribution is -2.46. The first-order valence-electron chi connectivity index (χ1n) is 9.33. The molecule has 1 atom stereocenters. The summed E-state index contributed by atoms with van der Waals surface area (Å²) in [5.41, 5.74) is 0.398. The minimum atomic E-state index is -1.08. The van der Waals surface area contributed by atoms with Crippen LogP contribution in [0.3, 0.4) is 0 Å². The molecule has 1 aromatic carbocycles. The Hall–Kier alpha value is -2.77. The number of rotatable bonds is 9. The van der Waals surface area contributed by atoms with Crippen molar-refractivity contribution in [2.75, 3.05) is 13.6 Å². The lowest BCUT2D eigenvalue weighted by atomic mass is 10.1. The lowest BCUT2D eigenvalue weighted by Gasteiger charge is -2.22. The largest absolute Gasteiger partial charge is 0.480 e. The van der Waals surface area contributed by atoms with E-state index in [4.69, 9.17) is 4.74 Å². The van der Waals surface area contributed by atoms with Crippen LogP contribution in [-0.2, 0) is 16.1 Å². The maximum Gasteiger partial charge on any atom is 0.407 e. The second-order valence-electron chi connectivity index (χ2n) is 7.61. The summed E-state index contributed by atoms with van der Waals surface area (Å²) in [5.74, 6) is -1.08. The molecule has 3 amide bonds. The van der Waals surface area contributed by atoms with Crippen molar-refractivity contribution in [3.8, 4) is 0 Å². The molecular weight excluding hydrogens is 362 g/mol. The third-order valence-corrected chi connectivity index (χ3v) is 3.79. The zero-order chi connectivity index (χ0) is 21.2. The highest BCUT2D eigenvalue weighted by atomic mass is 16.6. The van der Waals surface area contributed by atoms with Crippen LogP contribution in [0.5, 0.6) is 0 Å². The molecular formula is C20H31N3O5. The summed E-state index contributed by atoms with van der Waals surface area (Å²) >= 11 is 0. The van der Waals surface area contributed by atoms with E-state index in [1.807, 2.05) is 30.3 Å². The van der Waals surface area contributed by atoms with Crippen LogP contribution in [0.1, 0.15) is 45.6 Å². The summed E-state index contributed by atoms with van der Waals surface area (Å²) in [6, 6.07) is 8.03. The Labute approximate surface area is 166 Å². The molecule has 0 fully saturated rings. The number of alkyl carbamates (subject to hydrolysis) is 1. The van der Waals surface area contributed by atoms with Gasteiger partial charge in [-0.1, -0.05) is 30.3 Å². The fourth-order valence-corrected chi connectivity index (χ4v) is 2.42. The molecule has 1 unspecified atom stereocenters. The van der Waals surface area contributed by atoms with Gasteiger partial charge in [0.15, 0.2) is 0 Å². The van der Waals surface area contributed by atoms with E-state index < -0.39 is 29.7 Å². The summed E-state index contributed by atoms with van der Waals surface area (Å²) in [5, 5.41) is 14.5. The molecule has 0 aliphatic heterocycles. The Balaban J connectivity index is 2.35. The van der Waals surface area contributed by atoms with E-state index in [9.17, 15) is 19.5 Å². The van der Waals surface area contributed by atoms with Crippen LogP contribution in [0.25, 0.3) is 0 Å². The molecule has 0 spiro atoms. The smallest absolute Gasteiger partial charge is 0.407 e. The maximum absolute atomic E-state index is 12.3. The van der Waals surface area contributed by atoms with Crippen molar-refractivity contribution in [1.29, 1.82) is 0 Å². The zero-order valence-corrected chi connectivity index (χ0v) is 17.0. The van der Waals surface area contributed by atoms with Gasteiger partial charge in [-0.05, 0) is 45.6 Å². The fraction of sp³-hybridized carbons (Fsp3) is 0.550. The number of hydrogen-bond donors (Lipinski definition) is 3. The molecule has 1 rings (SSSR count). The lowest BCUT2D eigenvalue weighted by molar-refractivity contribution is -0.139. The standard InChI is InChI=1S/C20H31N3O5/c1-20(2,3)28-19(27)21-13-9-8-12-16(17(24)25)22-18(26)23(4)14-15-10-6-5-7-11-15/h5-7,10-11,16H,8-9,12-14H2,1-4H3,(H,21,27)(H,22,26)(H,24,25).